The molecule has 0 radical (unpaired) electrons. The van der Waals surface area contributed by atoms with Crippen LogP contribution < -0.4 is 0 Å². The zero-order valence-electron chi connectivity index (χ0n) is 11.1. The molecule has 92 valence electrons. The van der Waals surface area contributed by atoms with Crippen molar-refractivity contribution in [3.8, 4) is 0 Å². The van der Waals surface area contributed by atoms with Crippen LogP contribution in [0.1, 0.15) is 39.2 Å². The van der Waals surface area contributed by atoms with Crippen molar-refractivity contribution in [3.63, 3.8) is 0 Å². The fraction of sp³-hybridized carbons (Fsp3) is 0.533. The van der Waals surface area contributed by atoms with Crippen LogP contribution in [0.4, 0.5) is 0 Å². The molecule has 2 rings (SSSR count). The van der Waals surface area contributed by atoms with Crippen molar-refractivity contribution < 1.29 is 4.74 Å². The molecule has 1 unspecified atom stereocenters. The molecule has 1 aromatic carbocycles. The van der Waals surface area contributed by atoms with Crippen molar-refractivity contribution in [2.45, 2.75) is 39.7 Å². The van der Waals surface area contributed by atoms with E-state index in [2.05, 4.69) is 52.0 Å². The van der Waals surface area contributed by atoms with Crippen molar-refractivity contribution in [3.05, 3.63) is 35.9 Å². The lowest BCUT2D eigenvalue weighted by atomic mass is 9.88. The Morgan fingerprint density at radius 3 is 2.41 bits per heavy atom. The van der Waals surface area contributed by atoms with Gasteiger partial charge in [0.25, 0.3) is 0 Å². The highest BCUT2D eigenvalue weighted by atomic mass is 16.5. The predicted molar refractivity (Wildman–Crippen MR) is 71.5 cm³/mol. The molecule has 1 aliphatic heterocycles. The van der Waals surface area contributed by atoms with Gasteiger partial charge >= 0.3 is 0 Å². The zero-order valence-corrected chi connectivity index (χ0v) is 11.1. The Morgan fingerprint density at radius 1 is 1.24 bits per heavy atom. The summed E-state index contributed by atoms with van der Waals surface area (Å²) in [4.78, 5) is 4.73. The molecule has 0 aromatic heterocycles. The standard InChI is InChI=1S/C15H21NO/c1-11(12-8-6-5-7-9-12)14-16-13(10-17-14)15(2,3)4/h5-9,11,13H,10H2,1-4H3/t11?,13-/m1/s1. The Labute approximate surface area is 104 Å². The fourth-order valence-electron chi connectivity index (χ4n) is 1.96. The van der Waals surface area contributed by atoms with E-state index in [-0.39, 0.29) is 17.4 Å². The van der Waals surface area contributed by atoms with E-state index in [9.17, 15) is 0 Å². The second kappa shape index (κ2) is 4.52. The van der Waals surface area contributed by atoms with E-state index in [4.69, 9.17) is 9.73 Å². The maximum absolute atomic E-state index is 5.76. The number of hydrogen-bond acceptors (Lipinski definition) is 2. The topological polar surface area (TPSA) is 21.6 Å². The lowest BCUT2D eigenvalue weighted by Crippen LogP contribution is -2.25. The zero-order chi connectivity index (χ0) is 12.5. The van der Waals surface area contributed by atoms with Gasteiger partial charge in [-0.25, -0.2) is 4.99 Å². The van der Waals surface area contributed by atoms with E-state index in [0.29, 0.717) is 0 Å². The molecule has 1 aliphatic rings. The smallest absolute Gasteiger partial charge is 0.191 e. The molecule has 0 amide bonds. The van der Waals surface area contributed by atoms with E-state index < -0.39 is 0 Å². The van der Waals surface area contributed by atoms with Crippen molar-refractivity contribution in [1.29, 1.82) is 0 Å². The molecule has 2 heteroatoms. The first-order valence-corrected chi connectivity index (χ1v) is 6.24. The van der Waals surface area contributed by atoms with Gasteiger partial charge in [-0.05, 0) is 17.9 Å². The Hall–Kier alpha value is -1.31. The number of benzene rings is 1. The minimum atomic E-state index is 0.179. The van der Waals surface area contributed by atoms with Crippen LogP contribution in [0.5, 0.6) is 0 Å². The fourth-order valence-corrected chi connectivity index (χ4v) is 1.96. The summed E-state index contributed by atoms with van der Waals surface area (Å²) in [6.45, 7) is 9.50. The highest BCUT2D eigenvalue weighted by Crippen LogP contribution is 2.29. The van der Waals surface area contributed by atoms with Crippen molar-refractivity contribution >= 4 is 5.90 Å². The van der Waals surface area contributed by atoms with Gasteiger partial charge in [0.2, 0.25) is 0 Å². The molecule has 2 atom stereocenters. The molecule has 0 bridgehead atoms. The van der Waals surface area contributed by atoms with Crippen LogP contribution in [0.3, 0.4) is 0 Å². The molecule has 1 heterocycles. The first kappa shape index (κ1) is 12.2. The molecule has 0 N–H and O–H groups in total. The van der Waals surface area contributed by atoms with Gasteiger partial charge in [0.05, 0.1) is 12.0 Å². The lowest BCUT2D eigenvalue weighted by molar-refractivity contribution is 0.232. The first-order chi connectivity index (χ1) is 7.98. The minimum Gasteiger partial charge on any atom is -0.478 e. The molecule has 1 aromatic rings. The molecular weight excluding hydrogens is 210 g/mol. The molecule has 0 aliphatic carbocycles. The SMILES string of the molecule is CC(C1=N[C@@H](C(C)(C)C)CO1)c1ccccc1. The number of hydrogen-bond donors (Lipinski definition) is 0. The van der Waals surface area contributed by atoms with Crippen LogP contribution in [-0.4, -0.2) is 18.5 Å². The number of ether oxygens (including phenoxy) is 1. The summed E-state index contributed by atoms with van der Waals surface area (Å²) < 4.78 is 5.76. The van der Waals surface area contributed by atoms with Crippen LogP contribution in [0.15, 0.2) is 35.3 Å². The van der Waals surface area contributed by atoms with Gasteiger partial charge < -0.3 is 4.74 Å². The molecule has 17 heavy (non-hydrogen) atoms. The highest BCUT2D eigenvalue weighted by Gasteiger charge is 2.32. The van der Waals surface area contributed by atoms with E-state index in [1.807, 2.05) is 6.07 Å². The third-order valence-electron chi connectivity index (χ3n) is 3.34. The Morgan fingerprint density at radius 2 is 1.88 bits per heavy atom. The van der Waals surface area contributed by atoms with Crippen molar-refractivity contribution in [2.24, 2.45) is 10.4 Å². The Bertz CT molecular complexity index is 403. The average molecular weight is 231 g/mol. The third kappa shape index (κ3) is 2.68. The Kier molecular flexibility index (Phi) is 3.23. The number of rotatable bonds is 2. The lowest BCUT2D eigenvalue weighted by Gasteiger charge is -2.21. The second-order valence-corrected chi connectivity index (χ2v) is 5.79. The maximum atomic E-state index is 5.76. The van der Waals surface area contributed by atoms with Crippen molar-refractivity contribution in [1.82, 2.24) is 0 Å². The predicted octanol–water partition coefficient (Wildman–Crippen LogP) is 3.63. The first-order valence-electron chi connectivity index (χ1n) is 6.24. The summed E-state index contributed by atoms with van der Waals surface area (Å²) >= 11 is 0. The number of aliphatic imine (C=N–C) groups is 1. The molecular formula is C15H21NO. The van der Waals surface area contributed by atoms with Crippen LogP contribution in [0, 0.1) is 5.41 Å². The van der Waals surface area contributed by atoms with E-state index in [1.54, 1.807) is 0 Å². The monoisotopic (exact) mass is 231 g/mol. The van der Waals surface area contributed by atoms with Gasteiger partial charge in [-0.2, -0.15) is 0 Å². The van der Waals surface area contributed by atoms with Crippen LogP contribution >= 0.6 is 0 Å². The highest BCUT2D eigenvalue weighted by molar-refractivity contribution is 5.84. The largest absolute Gasteiger partial charge is 0.478 e. The van der Waals surface area contributed by atoms with Crippen LogP contribution in [0.25, 0.3) is 0 Å². The van der Waals surface area contributed by atoms with E-state index >= 15 is 0 Å². The van der Waals surface area contributed by atoms with Gasteiger partial charge in [-0.1, -0.05) is 51.1 Å². The van der Waals surface area contributed by atoms with Crippen LogP contribution in [-0.2, 0) is 4.74 Å². The maximum Gasteiger partial charge on any atom is 0.191 e. The Balaban J connectivity index is 2.15. The molecule has 0 spiro atoms. The van der Waals surface area contributed by atoms with Gasteiger partial charge in [-0.3, -0.25) is 0 Å². The van der Waals surface area contributed by atoms with Crippen molar-refractivity contribution in [2.75, 3.05) is 6.61 Å². The van der Waals surface area contributed by atoms with Gasteiger partial charge in [0.1, 0.15) is 6.61 Å². The summed E-state index contributed by atoms with van der Waals surface area (Å²) in [5.41, 5.74) is 1.44. The second-order valence-electron chi connectivity index (χ2n) is 5.79. The van der Waals surface area contributed by atoms with E-state index in [1.165, 1.54) is 5.56 Å². The van der Waals surface area contributed by atoms with Crippen LogP contribution in [0.2, 0.25) is 0 Å². The number of nitrogens with zero attached hydrogens (tertiary/aromatic N) is 1. The van der Waals surface area contributed by atoms with Gasteiger partial charge in [0, 0.05) is 0 Å². The summed E-state index contributed by atoms with van der Waals surface area (Å²) in [6, 6.07) is 10.7. The third-order valence-corrected chi connectivity index (χ3v) is 3.34. The molecule has 0 saturated carbocycles. The van der Waals surface area contributed by atoms with Gasteiger partial charge in [0.15, 0.2) is 5.90 Å². The molecule has 2 nitrogen and oxygen atoms in total. The summed E-state index contributed by atoms with van der Waals surface area (Å²) in [7, 11) is 0. The summed E-state index contributed by atoms with van der Waals surface area (Å²) in [5.74, 6) is 1.14. The van der Waals surface area contributed by atoms with Gasteiger partial charge in [-0.15, -0.1) is 0 Å². The quantitative estimate of drug-likeness (QED) is 0.761. The average Bonchev–Trinajstić information content (AvgIpc) is 2.78. The van der Waals surface area contributed by atoms with E-state index in [0.717, 1.165) is 12.5 Å². The summed E-state index contributed by atoms with van der Waals surface area (Å²) in [6.07, 6.45) is 0. The molecule has 0 fully saturated rings. The normalized spacial score (nSPS) is 21.9. The molecule has 0 saturated heterocycles. The minimum absolute atomic E-state index is 0.179. The summed E-state index contributed by atoms with van der Waals surface area (Å²) in [5, 5.41) is 0.